The molecule has 4 N–H and O–H groups in total. The predicted molar refractivity (Wildman–Crippen MR) is 326 cm³/mol. The third-order valence-electron chi connectivity index (χ3n) is 17.1. The van der Waals surface area contributed by atoms with Crippen LogP contribution in [0.15, 0.2) is 133 Å². The standard InChI is InChI=1S/C41H40F3NO6.C27H28F3NO6.2CH4/c1-39(2,26-49-24-28-11-7-4-8-12-28)37-18-30-17-29(19-38(47)40(15-16-40)31-13-14-35-36(20-31)51-41(43,44)50-35)33(42)21-34(30)45(37)22-32(46)25-48-23-27-9-5-3-6-10-27;1-25(2,14-33)23-8-16-7-15(19(28)11-20(16)31(23)12-18(34)13-32)9-24(35)26(5-6-26)17-3-4-21-22(10-17)37-27(29,30)36-21;;/h3-14,17-18,20-21,32,46H,15-16,19,22-26H2,1-2H3;3-4,7-8,10-11,18,32-34H,5-6,9,12-14H2,1-2H3;2*1H4/t32-;18-;;/m11../s1. The normalized spacial score (nSPS) is 16.8. The van der Waals surface area contributed by atoms with Crippen LogP contribution < -0.4 is 18.9 Å². The first kappa shape index (κ1) is 66.7. The zero-order valence-electron chi connectivity index (χ0n) is 49.0. The second-order valence-corrected chi connectivity index (χ2v) is 24.7. The molecule has 0 amide bonds. The molecule has 0 saturated heterocycles. The van der Waals surface area contributed by atoms with Gasteiger partial charge in [-0.05, 0) is 120 Å². The quantitative estimate of drug-likeness (QED) is 0.0421. The Bertz CT molecular complexity index is 3900. The molecule has 0 spiro atoms. The Balaban J connectivity index is 0.000000219. The lowest BCUT2D eigenvalue weighted by Gasteiger charge is -2.28. The summed E-state index contributed by atoms with van der Waals surface area (Å²) in [5.41, 5.74) is 2.99. The summed E-state index contributed by atoms with van der Waals surface area (Å²) in [5.74, 6) is -2.05. The highest BCUT2D eigenvalue weighted by molar-refractivity contribution is 5.97. The maximum Gasteiger partial charge on any atom is 0.586 e. The number of ketones is 2. The lowest BCUT2D eigenvalue weighted by molar-refractivity contribution is -0.287. The number of fused-ring (bicyclic) bond motifs is 4. The molecule has 2 fully saturated rings. The minimum Gasteiger partial charge on any atom is -0.395 e. The number of aromatic nitrogens is 2. The van der Waals surface area contributed by atoms with Gasteiger partial charge in [-0.2, -0.15) is 0 Å². The number of alkyl halides is 4. The lowest BCUT2D eigenvalue weighted by Crippen LogP contribution is -2.30. The van der Waals surface area contributed by atoms with Crippen molar-refractivity contribution in [1.29, 1.82) is 0 Å². The highest BCUT2D eigenvalue weighted by Gasteiger charge is 2.54. The third kappa shape index (κ3) is 13.9. The molecular weight excluding hydrogens is 1170 g/mol. The molecule has 2 aromatic heterocycles. The summed E-state index contributed by atoms with van der Waals surface area (Å²) in [5, 5.41) is 41.8. The number of nitrogens with zero attached hydrogens (tertiary/aromatic N) is 2. The van der Waals surface area contributed by atoms with Crippen LogP contribution >= 0.6 is 0 Å². The van der Waals surface area contributed by atoms with Crippen molar-refractivity contribution < 1.29 is 84.8 Å². The van der Waals surface area contributed by atoms with Gasteiger partial charge in [0.15, 0.2) is 23.0 Å². The molecule has 0 radical (unpaired) electrons. The summed E-state index contributed by atoms with van der Waals surface area (Å²) in [6.45, 7) is 8.39. The largest absolute Gasteiger partial charge is 0.586 e. The van der Waals surface area contributed by atoms with Crippen molar-refractivity contribution in [2.75, 3.05) is 26.4 Å². The number of aliphatic hydroxyl groups is 4. The third-order valence-corrected chi connectivity index (χ3v) is 17.1. The van der Waals surface area contributed by atoms with Gasteiger partial charge in [-0.3, -0.25) is 9.59 Å². The van der Waals surface area contributed by atoms with Crippen molar-refractivity contribution in [3.63, 3.8) is 0 Å². The minimum absolute atomic E-state index is 0. The molecule has 6 aromatic carbocycles. The van der Waals surface area contributed by atoms with Gasteiger partial charge >= 0.3 is 12.6 Å². The summed E-state index contributed by atoms with van der Waals surface area (Å²) in [4.78, 5) is 27.2. The van der Waals surface area contributed by atoms with Gasteiger partial charge in [0.1, 0.15) is 23.2 Å². The van der Waals surface area contributed by atoms with E-state index in [-0.39, 0.29) is 99.7 Å². The van der Waals surface area contributed by atoms with Crippen LogP contribution in [0.25, 0.3) is 21.8 Å². The fraction of sp³-hybridized carbons (Fsp3) is 0.400. The number of hydrogen-bond donors (Lipinski definition) is 4. The van der Waals surface area contributed by atoms with Crippen LogP contribution in [0.3, 0.4) is 0 Å². The molecule has 0 bridgehead atoms. The number of hydrogen-bond acceptors (Lipinski definition) is 12. The number of Topliss-reactive ketones (excluding diaryl/α,β-unsaturated/α-hetero) is 2. The summed E-state index contributed by atoms with van der Waals surface area (Å²) in [6.07, 6.45) is -7.79. The van der Waals surface area contributed by atoms with E-state index in [2.05, 4.69) is 18.9 Å². The summed E-state index contributed by atoms with van der Waals surface area (Å²) in [6, 6.07) is 38.0. The van der Waals surface area contributed by atoms with Crippen molar-refractivity contribution in [3.8, 4) is 23.0 Å². The van der Waals surface area contributed by atoms with Gasteiger partial charge in [0, 0.05) is 45.8 Å². The van der Waals surface area contributed by atoms with Crippen molar-refractivity contribution in [3.05, 3.63) is 190 Å². The Morgan fingerprint density at radius 2 is 0.956 bits per heavy atom. The second kappa shape index (κ2) is 25.9. The molecule has 2 atom stereocenters. The Morgan fingerprint density at radius 3 is 1.38 bits per heavy atom. The van der Waals surface area contributed by atoms with Crippen LogP contribution in [-0.2, 0) is 79.9 Å². The first-order valence-electron chi connectivity index (χ1n) is 29.1. The van der Waals surface area contributed by atoms with Gasteiger partial charge in [0.25, 0.3) is 0 Å². The van der Waals surface area contributed by atoms with Gasteiger partial charge < -0.3 is 58.0 Å². The summed E-state index contributed by atoms with van der Waals surface area (Å²) >= 11 is 0. The van der Waals surface area contributed by atoms with Crippen molar-refractivity contribution >= 4 is 33.4 Å². The van der Waals surface area contributed by atoms with Crippen molar-refractivity contribution in [2.45, 2.75) is 154 Å². The van der Waals surface area contributed by atoms with Crippen molar-refractivity contribution in [2.24, 2.45) is 0 Å². The van der Waals surface area contributed by atoms with Crippen LogP contribution in [0, 0.1) is 11.6 Å². The molecule has 2 aliphatic heterocycles. The Morgan fingerprint density at radius 1 is 0.544 bits per heavy atom. The van der Waals surface area contributed by atoms with E-state index in [1.54, 1.807) is 34.9 Å². The average molecular weight is 1250 g/mol. The van der Waals surface area contributed by atoms with Crippen LogP contribution in [0.5, 0.6) is 23.0 Å². The van der Waals surface area contributed by atoms with Crippen LogP contribution in [0.4, 0.5) is 26.3 Å². The van der Waals surface area contributed by atoms with E-state index in [0.717, 1.165) is 22.2 Å². The fourth-order valence-electron chi connectivity index (χ4n) is 11.9. The minimum atomic E-state index is -3.76. The molecule has 8 aromatic rings. The maximum absolute atomic E-state index is 16.0. The van der Waals surface area contributed by atoms with Crippen LogP contribution in [-0.4, -0.2) is 92.4 Å². The number of carbonyl (C=O) groups excluding carboxylic acids is 2. The van der Waals surface area contributed by atoms with Gasteiger partial charge in [-0.1, -0.05) is 115 Å². The molecule has 4 heterocycles. The van der Waals surface area contributed by atoms with E-state index in [1.165, 1.54) is 36.4 Å². The van der Waals surface area contributed by atoms with Gasteiger partial charge in [-0.25, -0.2) is 8.78 Å². The van der Waals surface area contributed by atoms with E-state index >= 15 is 8.78 Å². The van der Waals surface area contributed by atoms with Gasteiger partial charge in [0.2, 0.25) is 0 Å². The zero-order valence-corrected chi connectivity index (χ0v) is 49.0. The van der Waals surface area contributed by atoms with Crippen LogP contribution in [0.1, 0.15) is 113 Å². The molecule has 2 saturated carbocycles. The molecule has 12 rings (SSSR count). The van der Waals surface area contributed by atoms with Gasteiger partial charge in [-0.15, -0.1) is 17.6 Å². The van der Waals surface area contributed by atoms with E-state index in [9.17, 15) is 47.6 Å². The predicted octanol–water partition coefficient (Wildman–Crippen LogP) is 12.9. The highest BCUT2D eigenvalue weighted by Crippen LogP contribution is 2.54. The maximum atomic E-state index is 16.0. The number of halogens is 6. The zero-order chi connectivity index (χ0) is 62.6. The molecular formula is C70H76F6N2O12. The topological polar surface area (TPSA) is 180 Å². The Hall–Kier alpha value is -7.72. The van der Waals surface area contributed by atoms with Crippen LogP contribution in [0.2, 0.25) is 0 Å². The molecule has 20 heteroatoms. The number of benzene rings is 6. The molecule has 90 heavy (non-hydrogen) atoms. The smallest absolute Gasteiger partial charge is 0.395 e. The molecule has 2 aliphatic carbocycles. The second-order valence-electron chi connectivity index (χ2n) is 24.7. The Kier molecular flexibility index (Phi) is 19.2. The molecule has 14 nitrogen and oxygen atoms in total. The Labute approximate surface area is 518 Å². The number of rotatable bonds is 24. The van der Waals surface area contributed by atoms with Crippen molar-refractivity contribution in [1.82, 2.24) is 9.13 Å². The summed E-state index contributed by atoms with van der Waals surface area (Å²) < 4.78 is 119. The first-order valence-corrected chi connectivity index (χ1v) is 29.1. The van der Waals surface area contributed by atoms with E-state index in [4.69, 9.17) is 9.47 Å². The van der Waals surface area contributed by atoms with E-state index in [1.807, 2.05) is 99.0 Å². The molecule has 4 aliphatic rings. The van der Waals surface area contributed by atoms with Gasteiger partial charge in [0.05, 0.1) is 86.8 Å². The number of ether oxygens (including phenoxy) is 6. The molecule has 0 unspecified atom stereocenters. The molecule has 480 valence electrons. The number of aliphatic hydroxyl groups excluding tert-OH is 4. The SMILES string of the molecule is C.C.CC(C)(CO)c1cc2cc(CC(=O)C3(c4ccc5c(c4)OC(F)(F)O5)CC3)c(F)cc2n1C[C@@H](O)CO.CC(C)(COCc1ccccc1)c1cc2cc(CC(=O)C3(c4ccc5c(c4)OC(F)(F)O5)CC3)c(F)cc2n1C[C@@H](O)COCc1ccccc1. The lowest BCUT2D eigenvalue weighted by atomic mass is 9.87. The van der Waals surface area contributed by atoms with E-state index < -0.39 is 64.7 Å². The summed E-state index contributed by atoms with van der Waals surface area (Å²) in [7, 11) is 0. The fourth-order valence-corrected chi connectivity index (χ4v) is 11.9. The monoisotopic (exact) mass is 1250 g/mol. The average Bonchev–Trinajstić information content (AvgIpc) is 1.62. The highest BCUT2D eigenvalue weighted by atomic mass is 19.3. The van der Waals surface area contributed by atoms with E-state index in [0.29, 0.717) is 78.7 Å². The number of carbonyl (C=O) groups is 2. The first-order chi connectivity index (χ1) is 41.8.